The molecule has 0 saturated heterocycles. The SMILES string of the molecule is Oc1c(-c2ccccc2)ccnc1CCCc1ccccc1. The maximum absolute atomic E-state index is 10.5. The van der Waals surface area contributed by atoms with E-state index in [1.54, 1.807) is 6.20 Å². The van der Waals surface area contributed by atoms with Crippen molar-refractivity contribution in [1.82, 2.24) is 4.98 Å². The molecule has 0 unspecified atom stereocenters. The summed E-state index contributed by atoms with van der Waals surface area (Å²) in [6.45, 7) is 0. The molecule has 3 rings (SSSR count). The predicted octanol–water partition coefficient (Wildman–Crippen LogP) is 4.63. The third-order valence-electron chi connectivity index (χ3n) is 3.81. The van der Waals surface area contributed by atoms with Gasteiger partial charge in [-0.3, -0.25) is 4.98 Å². The summed E-state index contributed by atoms with van der Waals surface area (Å²) in [5.41, 5.74) is 3.97. The molecule has 2 nitrogen and oxygen atoms in total. The monoisotopic (exact) mass is 289 g/mol. The second-order valence-corrected chi connectivity index (χ2v) is 5.36. The van der Waals surface area contributed by atoms with E-state index in [1.165, 1.54) is 5.56 Å². The highest BCUT2D eigenvalue weighted by Gasteiger charge is 2.09. The normalized spacial score (nSPS) is 10.5. The highest BCUT2D eigenvalue weighted by atomic mass is 16.3. The molecule has 0 aliphatic rings. The fraction of sp³-hybridized carbons (Fsp3) is 0.150. The first-order chi connectivity index (χ1) is 10.8. The van der Waals surface area contributed by atoms with Crippen LogP contribution in [0, 0.1) is 0 Å². The second-order valence-electron chi connectivity index (χ2n) is 5.36. The van der Waals surface area contributed by atoms with E-state index < -0.39 is 0 Å². The van der Waals surface area contributed by atoms with Gasteiger partial charge in [0.2, 0.25) is 0 Å². The van der Waals surface area contributed by atoms with Crippen molar-refractivity contribution in [2.45, 2.75) is 19.3 Å². The van der Waals surface area contributed by atoms with E-state index in [0.717, 1.165) is 36.1 Å². The average Bonchev–Trinajstić information content (AvgIpc) is 2.58. The number of benzene rings is 2. The number of pyridine rings is 1. The van der Waals surface area contributed by atoms with Crippen LogP contribution in [0.5, 0.6) is 5.75 Å². The van der Waals surface area contributed by atoms with E-state index in [-0.39, 0.29) is 0 Å². The maximum atomic E-state index is 10.5. The summed E-state index contributed by atoms with van der Waals surface area (Å²) in [6, 6.07) is 22.2. The van der Waals surface area contributed by atoms with Gasteiger partial charge in [0.25, 0.3) is 0 Å². The van der Waals surface area contributed by atoms with Gasteiger partial charge in [0.15, 0.2) is 0 Å². The molecule has 0 spiro atoms. The van der Waals surface area contributed by atoms with Gasteiger partial charge in [-0.2, -0.15) is 0 Å². The van der Waals surface area contributed by atoms with Crippen LogP contribution in [0.25, 0.3) is 11.1 Å². The molecule has 0 atom stereocenters. The topological polar surface area (TPSA) is 33.1 Å². The smallest absolute Gasteiger partial charge is 0.144 e. The van der Waals surface area contributed by atoms with Crippen molar-refractivity contribution in [3.05, 3.63) is 84.2 Å². The van der Waals surface area contributed by atoms with E-state index in [2.05, 4.69) is 29.2 Å². The summed E-state index contributed by atoms with van der Waals surface area (Å²) in [5.74, 6) is 0.307. The Morgan fingerprint density at radius 2 is 1.45 bits per heavy atom. The highest BCUT2D eigenvalue weighted by Crippen LogP contribution is 2.31. The summed E-state index contributed by atoms with van der Waals surface area (Å²) in [5, 5.41) is 10.5. The van der Waals surface area contributed by atoms with Crippen LogP contribution in [0.3, 0.4) is 0 Å². The molecule has 0 aliphatic heterocycles. The number of nitrogens with zero attached hydrogens (tertiary/aromatic N) is 1. The molecule has 0 bridgehead atoms. The Morgan fingerprint density at radius 1 is 0.773 bits per heavy atom. The van der Waals surface area contributed by atoms with E-state index >= 15 is 0 Å². The van der Waals surface area contributed by atoms with Gasteiger partial charge in [0.05, 0.1) is 5.69 Å². The quantitative estimate of drug-likeness (QED) is 0.743. The third kappa shape index (κ3) is 3.34. The summed E-state index contributed by atoms with van der Waals surface area (Å²) in [6.07, 6.45) is 4.53. The number of hydrogen-bond acceptors (Lipinski definition) is 2. The van der Waals surface area contributed by atoms with Gasteiger partial charge in [-0.25, -0.2) is 0 Å². The minimum atomic E-state index is 0.307. The maximum Gasteiger partial charge on any atom is 0.144 e. The van der Waals surface area contributed by atoms with Gasteiger partial charge in [-0.05, 0) is 36.5 Å². The van der Waals surface area contributed by atoms with Crippen LogP contribution in [0.4, 0.5) is 0 Å². The van der Waals surface area contributed by atoms with Crippen molar-refractivity contribution < 1.29 is 5.11 Å². The average molecular weight is 289 g/mol. The molecule has 110 valence electrons. The van der Waals surface area contributed by atoms with Crippen LogP contribution in [0.1, 0.15) is 17.7 Å². The van der Waals surface area contributed by atoms with Crippen molar-refractivity contribution >= 4 is 0 Å². The zero-order chi connectivity index (χ0) is 15.2. The standard InChI is InChI=1S/C20H19NO/c22-20-18(17-11-5-2-6-12-17)14-15-21-19(20)13-7-10-16-8-3-1-4-9-16/h1-6,8-9,11-12,14-15,22H,7,10,13H2. The first-order valence-electron chi connectivity index (χ1n) is 7.61. The molecule has 1 N–H and O–H groups in total. The van der Waals surface area contributed by atoms with Crippen molar-refractivity contribution in [3.63, 3.8) is 0 Å². The third-order valence-corrected chi connectivity index (χ3v) is 3.81. The van der Waals surface area contributed by atoms with Gasteiger partial charge in [-0.15, -0.1) is 0 Å². The van der Waals surface area contributed by atoms with Gasteiger partial charge >= 0.3 is 0 Å². The zero-order valence-electron chi connectivity index (χ0n) is 12.4. The molecular formula is C20H19NO. The Balaban J connectivity index is 1.72. The summed E-state index contributed by atoms with van der Waals surface area (Å²) < 4.78 is 0. The molecule has 22 heavy (non-hydrogen) atoms. The van der Waals surface area contributed by atoms with Crippen molar-refractivity contribution in [3.8, 4) is 16.9 Å². The van der Waals surface area contributed by atoms with E-state index in [1.807, 2.05) is 42.5 Å². The van der Waals surface area contributed by atoms with Crippen LogP contribution < -0.4 is 0 Å². The van der Waals surface area contributed by atoms with Gasteiger partial charge in [0, 0.05) is 11.8 Å². The van der Waals surface area contributed by atoms with Crippen LogP contribution in [-0.2, 0) is 12.8 Å². The van der Waals surface area contributed by atoms with Gasteiger partial charge < -0.3 is 5.11 Å². The molecule has 3 aromatic rings. The first kappa shape index (κ1) is 14.3. The number of aromatic hydroxyl groups is 1. The largest absolute Gasteiger partial charge is 0.505 e. The zero-order valence-corrected chi connectivity index (χ0v) is 12.4. The fourth-order valence-electron chi connectivity index (χ4n) is 2.64. The van der Waals surface area contributed by atoms with Gasteiger partial charge in [0.1, 0.15) is 5.75 Å². The Kier molecular flexibility index (Phi) is 4.50. The minimum absolute atomic E-state index is 0.307. The van der Waals surface area contributed by atoms with Crippen LogP contribution >= 0.6 is 0 Å². The lowest BCUT2D eigenvalue weighted by molar-refractivity contribution is 0.465. The molecule has 1 aromatic heterocycles. The van der Waals surface area contributed by atoms with Crippen LogP contribution in [0.15, 0.2) is 72.9 Å². The Labute approximate surface area is 131 Å². The number of rotatable bonds is 5. The lowest BCUT2D eigenvalue weighted by atomic mass is 10.0. The molecule has 0 saturated carbocycles. The van der Waals surface area contributed by atoms with Crippen molar-refractivity contribution in [1.29, 1.82) is 0 Å². The molecule has 2 aromatic carbocycles. The minimum Gasteiger partial charge on any atom is -0.505 e. The lowest BCUT2D eigenvalue weighted by Gasteiger charge is -2.09. The Hall–Kier alpha value is -2.61. The van der Waals surface area contributed by atoms with E-state index in [0.29, 0.717) is 5.75 Å². The number of aryl methyl sites for hydroxylation is 2. The number of aromatic nitrogens is 1. The summed E-state index contributed by atoms with van der Waals surface area (Å²) in [4.78, 5) is 4.35. The summed E-state index contributed by atoms with van der Waals surface area (Å²) >= 11 is 0. The van der Waals surface area contributed by atoms with E-state index in [4.69, 9.17) is 0 Å². The highest BCUT2D eigenvalue weighted by molar-refractivity contribution is 5.70. The van der Waals surface area contributed by atoms with Crippen molar-refractivity contribution in [2.24, 2.45) is 0 Å². The Bertz CT molecular complexity index is 723. The molecule has 0 amide bonds. The molecular weight excluding hydrogens is 270 g/mol. The fourth-order valence-corrected chi connectivity index (χ4v) is 2.64. The van der Waals surface area contributed by atoms with Crippen molar-refractivity contribution in [2.75, 3.05) is 0 Å². The predicted molar refractivity (Wildman–Crippen MR) is 89.8 cm³/mol. The summed E-state index contributed by atoms with van der Waals surface area (Å²) in [7, 11) is 0. The second kappa shape index (κ2) is 6.90. The first-order valence-corrected chi connectivity index (χ1v) is 7.61. The van der Waals surface area contributed by atoms with Crippen LogP contribution in [-0.4, -0.2) is 10.1 Å². The molecule has 2 heteroatoms. The molecule has 0 fully saturated rings. The Morgan fingerprint density at radius 3 is 2.18 bits per heavy atom. The van der Waals surface area contributed by atoms with E-state index in [9.17, 15) is 5.11 Å². The van der Waals surface area contributed by atoms with Crippen LogP contribution in [0.2, 0.25) is 0 Å². The molecule has 0 aliphatic carbocycles. The number of hydrogen-bond donors (Lipinski definition) is 1. The van der Waals surface area contributed by atoms with Gasteiger partial charge in [-0.1, -0.05) is 60.7 Å². The molecule has 0 radical (unpaired) electrons. The molecule has 1 heterocycles. The lowest BCUT2D eigenvalue weighted by Crippen LogP contribution is -1.95.